The average Bonchev–Trinajstić information content (AvgIpc) is 3.20. The van der Waals surface area contributed by atoms with Gasteiger partial charge in [0.15, 0.2) is 16.6 Å². The normalized spacial score (nSPS) is 16.0. The van der Waals surface area contributed by atoms with Crippen LogP contribution in [0.5, 0.6) is 0 Å². The predicted octanol–water partition coefficient (Wildman–Crippen LogP) is 14.3. The van der Waals surface area contributed by atoms with Gasteiger partial charge < -0.3 is 41.0 Å². The van der Waals surface area contributed by atoms with Gasteiger partial charge in [0.25, 0.3) is 0 Å². The number of carboxylic acids is 2. The van der Waals surface area contributed by atoms with Gasteiger partial charge in [0.1, 0.15) is 0 Å². The number of unbranched alkanes of at least 4 members (excludes halogenated alkanes) is 16. The largest absolute Gasteiger partial charge is 0.481 e. The van der Waals surface area contributed by atoms with Crippen LogP contribution < -0.4 is 5.32 Å². The zero-order valence-electron chi connectivity index (χ0n) is 47.2. The summed E-state index contributed by atoms with van der Waals surface area (Å²) in [6.07, 6.45) is 24.5. The molecule has 0 fully saturated rings. The molecule has 0 spiro atoms. The molecule has 19 heteroatoms. The molecule has 0 aliphatic heterocycles. The van der Waals surface area contributed by atoms with E-state index in [2.05, 4.69) is 105 Å². The number of nitrogens with zero attached hydrogens (tertiary/aromatic N) is 1. The maximum Gasteiger partial charge on any atom is 0.320 e. The molecule has 3 N–H and O–H groups in total. The Morgan fingerprint density at radius 3 is 1.30 bits per heavy atom. The van der Waals surface area contributed by atoms with Gasteiger partial charge in [-0.1, -0.05) is 143 Å². The Labute approximate surface area is 429 Å². The number of amides is 2. The van der Waals surface area contributed by atoms with Crippen LogP contribution in [0.4, 0.5) is 0 Å². The molecule has 0 saturated heterocycles. The van der Waals surface area contributed by atoms with Crippen molar-refractivity contribution in [2.75, 3.05) is 19.6 Å². The van der Waals surface area contributed by atoms with Crippen molar-refractivity contribution in [2.45, 2.75) is 277 Å². The second-order valence-electron chi connectivity index (χ2n) is 23.0. The minimum absolute atomic E-state index is 0.121. The van der Waals surface area contributed by atoms with Gasteiger partial charge in [0.2, 0.25) is 11.8 Å². The van der Waals surface area contributed by atoms with Gasteiger partial charge in [-0.3, -0.25) is 19.2 Å². The van der Waals surface area contributed by atoms with Crippen LogP contribution in [0.2, 0.25) is 89.1 Å². The third kappa shape index (κ3) is 34.9. The Morgan fingerprint density at radius 2 is 0.884 bits per heavy atom. The van der Waals surface area contributed by atoms with Crippen LogP contribution in [0.3, 0.4) is 0 Å². The third-order valence-corrected chi connectivity index (χ3v) is 37.0. The molecule has 0 aromatic heterocycles. The first kappa shape index (κ1) is 68.0. The van der Waals surface area contributed by atoms with Crippen molar-refractivity contribution in [1.82, 2.24) is 10.2 Å². The first-order valence-corrected chi connectivity index (χ1v) is 44.4. The highest BCUT2D eigenvalue weighted by Gasteiger charge is 2.55. The Balaban J connectivity index is 6.93. The van der Waals surface area contributed by atoms with E-state index < -0.39 is 68.7 Å². The minimum atomic E-state index is -3.20. The summed E-state index contributed by atoms with van der Waals surface area (Å²) in [5.74, 6) is -2.85. The molecule has 408 valence electrons. The fourth-order valence-corrected chi connectivity index (χ4v) is 39.3. The maximum atomic E-state index is 13.5. The molecular weight excluding hydrogens is 973 g/mol. The summed E-state index contributed by atoms with van der Waals surface area (Å²) in [6.45, 7) is 34.1. The topological polar surface area (TPSA) is 170 Å². The molecule has 0 aliphatic rings. The lowest BCUT2D eigenvalue weighted by atomic mass is 10.1. The van der Waals surface area contributed by atoms with E-state index in [4.69, 9.17) is 25.7 Å². The fourth-order valence-electron chi connectivity index (χ4n) is 9.29. The molecule has 0 aliphatic carbocycles. The smallest absolute Gasteiger partial charge is 0.320 e. The van der Waals surface area contributed by atoms with Crippen LogP contribution in [-0.4, -0.2) is 109 Å². The van der Waals surface area contributed by atoms with E-state index in [9.17, 15) is 24.3 Å². The summed E-state index contributed by atoms with van der Waals surface area (Å²) >= 11 is 0. The number of hydrogen-bond donors (Lipinski definition) is 3. The van der Waals surface area contributed by atoms with Crippen molar-refractivity contribution in [2.24, 2.45) is 0 Å². The molecule has 0 heterocycles. The fraction of sp³-hybridized carbons (Fsp3) is 0.920. The number of nitrogens with one attached hydrogen (secondary N) is 1. The number of carboxylic acid groups (broad SMARTS) is 2. The predicted molar refractivity (Wildman–Crippen MR) is 300 cm³/mol. The van der Waals surface area contributed by atoms with E-state index in [1.165, 1.54) is 103 Å². The van der Waals surface area contributed by atoms with Gasteiger partial charge >= 0.3 is 46.2 Å². The van der Waals surface area contributed by atoms with E-state index in [0.29, 0.717) is 19.0 Å². The quantitative estimate of drug-likeness (QED) is 0.0392. The zero-order valence-corrected chi connectivity index (χ0v) is 53.2. The lowest BCUT2D eigenvalue weighted by Crippen LogP contribution is -2.64. The molecule has 2 amide bonds. The van der Waals surface area contributed by atoms with E-state index in [1.807, 2.05) is 0 Å². The van der Waals surface area contributed by atoms with E-state index in [-0.39, 0.29) is 55.8 Å². The van der Waals surface area contributed by atoms with Crippen LogP contribution in [0.1, 0.15) is 188 Å². The highest BCUT2D eigenvalue weighted by Crippen LogP contribution is 2.42. The van der Waals surface area contributed by atoms with Gasteiger partial charge in [-0.25, -0.2) is 0 Å². The highest BCUT2D eigenvalue weighted by molar-refractivity contribution is 6.92. The Morgan fingerprint density at radius 1 is 0.478 bits per heavy atom. The second kappa shape index (κ2) is 35.2. The SMILES string of the molecule is CCCCCCCCCCCCC(C)[Si](C)(O[Si](C)(C)C)O[Si](C)(O[Si](C)(CCCN(CCNC(=O)CCC(=O)O)C(=O)CCC(=O)O)O[Si](C)(C)O[Si](C)(C)C)C(C)CCCCCCCCCC. The van der Waals surface area contributed by atoms with Gasteiger partial charge in [0.05, 0.1) is 12.8 Å². The van der Waals surface area contributed by atoms with Crippen molar-refractivity contribution in [3.05, 3.63) is 0 Å². The molecule has 0 aromatic rings. The van der Waals surface area contributed by atoms with Crippen molar-refractivity contribution in [3.63, 3.8) is 0 Å². The number of aliphatic carboxylic acids is 2. The van der Waals surface area contributed by atoms with Crippen molar-refractivity contribution in [1.29, 1.82) is 0 Å². The summed E-state index contributed by atoms with van der Waals surface area (Å²) in [5.41, 5.74) is 0.407. The Kier molecular flexibility index (Phi) is 34.7. The average molecular weight is 1080 g/mol. The summed E-state index contributed by atoms with van der Waals surface area (Å²) in [6, 6.07) is 0.546. The summed E-state index contributed by atoms with van der Waals surface area (Å²) in [7, 11) is -16.1. The van der Waals surface area contributed by atoms with Crippen molar-refractivity contribution >= 4 is 74.6 Å². The van der Waals surface area contributed by atoms with E-state index >= 15 is 0 Å². The van der Waals surface area contributed by atoms with Crippen LogP contribution >= 0.6 is 0 Å². The third-order valence-electron chi connectivity index (χ3n) is 12.9. The molecule has 0 aromatic carbocycles. The van der Waals surface area contributed by atoms with Crippen molar-refractivity contribution < 1.29 is 50.0 Å². The van der Waals surface area contributed by atoms with Crippen LogP contribution in [0.25, 0.3) is 0 Å². The van der Waals surface area contributed by atoms with Crippen LogP contribution in [0, 0.1) is 0 Å². The molecule has 0 saturated carbocycles. The molecule has 0 radical (unpaired) electrons. The molecule has 13 nitrogen and oxygen atoms in total. The first-order valence-electron chi connectivity index (χ1n) is 27.5. The summed E-state index contributed by atoms with van der Waals surface area (Å²) in [5, 5.41) is 21.2. The molecule has 5 unspecified atom stereocenters. The number of carbonyl (C=O) groups is 4. The minimum Gasteiger partial charge on any atom is -0.481 e. The van der Waals surface area contributed by atoms with Gasteiger partial charge in [-0.05, 0) is 108 Å². The number of hydrogen-bond acceptors (Lipinski definition) is 9. The highest BCUT2D eigenvalue weighted by atomic mass is 28.5. The molecule has 5 atom stereocenters. The van der Waals surface area contributed by atoms with E-state index in [0.717, 1.165) is 25.7 Å². The summed E-state index contributed by atoms with van der Waals surface area (Å²) in [4.78, 5) is 50.0. The molecule has 0 bridgehead atoms. The van der Waals surface area contributed by atoms with Gasteiger partial charge in [0, 0.05) is 32.5 Å². The second-order valence-corrected chi connectivity index (χ2v) is 47.1. The molecule has 0 rings (SSSR count). The Hall–Kier alpha value is -1.02. The zero-order chi connectivity index (χ0) is 52.8. The van der Waals surface area contributed by atoms with Gasteiger partial charge in [-0.2, -0.15) is 0 Å². The summed E-state index contributed by atoms with van der Waals surface area (Å²) < 4.78 is 37.2. The lowest BCUT2D eigenvalue weighted by molar-refractivity contribution is -0.141. The Bertz CT molecular complexity index is 1440. The number of rotatable bonds is 45. The van der Waals surface area contributed by atoms with Crippen LogP contribution in [0.15, 0.2) is 0 Å². The van der Waals surface area contributed by atoms with Crippen LogP contribution in [-0.2, 0) is 39.8 Å². The first-order chi connectivity index (χ1) is 32.0. The lowest BCUT2D eigenvalue weighted by Gasteiger charge is -2.49. The van der Waals surface area contributed by atoms with E-state index in [1.54, 1.807) is 4.90 Å². The van der Waals surface area contributed by atoms with Gasteiger partial charge in [-0.15, -0.1) is 0 Å². The standard InChI is InChI=1S/C50H108N2O11Si6/c1-16-18-20-22-24-26-27-29-31-32-35-45(3)68(14,60-65(8,9)10)63-69(15,46(4)36-33-30-28-25-23-21-19-17-2)62-67(13,61-66(11,12)59-64(5,6)7)44-34-42-52(48(54)38-40-50(57)58)43-41-51-47(53)37-39-49(55)56/h45-46H,16-44H2,1-15H3,(H,51,53)(H,55,56)(H,57,58). The number of carbonyl (C=O) groups excluding carboxylic acids is 2. The molecule has 69 heavy (non-hydrogen) atoms. The molecular formula is C50H108N2O11Si6. The monoisotopic (exact) mass is 1080 g/mol. The van der Waals surface area contributed by atoms with Crippen molar-refractivity contribution in [3.8, 4) is 0 Å². The maximum absolute atomic E-state index is 13.5.